The lowest BCUT2D eigenvalue weighted by atomic mass is 10.1. The fourth-order valence-electron chi connectivity index (χ4n) is 3.22. The number of rotatable bonds is 6. The zero-order valence-electron chi connectivity index (χ0n) is 18.5. The lowest BCUT2D eigenvalue weighted by Gasteiger charge is -2.31. The normalized spacial score (nSPS) is 15.1. The Morgan fingerprint density at radius 2 is 1.97 bits per heavy atom. The van der Waals surface area contributed by atoms with E-state index in [1.165, 1.54) is 18.5 Å². The van der Waals surface area contributed by atoms with Crippen molar-refractivity contribution in [3.05, 3.63) is 35.9 Å². The zero-order chi connectivity index (χ0) is 23.5. The molecule has 1 N–H and O–H groups in total. The third kappa shape index (κ3) is 6.10. The minimum Gasteiger partial charge on any atom is -0.447 e. The van der Waals surface area contributed by atoms with Gasteiger partial charge in [0.15, 0.2) is 9.84 Å². The molecular weight excluding hydrogens is 455 g/mol. The third-order valence-electron chi connectivity index (χ3n) is 4.97. The third-order valence-corrected chi connectivity index (χ3v) is 7.52. The largest absolute Gasteiger partial charge is 0.447 e. The summed E-state index contributed by atoms with van der Waals surface area (Å²) in [5, 5.41) is 3.99. The molecule has 32 heavy (non-hydrogen) atoms. The molecule has 1 aliphatic heterocycles. The van der Waals surface area contributed by atoms with E-state index in [1.807, 2.05) is 20.8 Å². The van der Waals surface area contributed by atoms with Crippen molar-refractivity contribution in [2.45, 2.75) is 54.9 Å². The van der Waals surface area contributed by atoms with Crippen molar-refractivity contribution in [2.24, 2.45) is 0 Å². The number of benzene rings is 1. The highest BCUT2D eigenvalue weighted by atomic mass is 32.2. The van der Waals surface area contributed by atoms with Crippen LogP contribution in [0.5, 0.6) is 0 Å². The van der Waals surface area contributed by atoms with Crippen LogP contribution in [0.1, 0.15) is 32.3 Å². The molecule has 1 amide bonds. The first-order valence-corrected chi connectivity index (χ1v) is 13.0. The quantitative estimate of drug-likeness (QED) is 0.612. The predicted octanol–water partition coefficient (Wildman–Crippen LogP) is 4.17. The number of likely N-dealkylation sites (tertiary alicyclic amines) is 1. The number of hydrogen-bond acceptors (Lipinski definition) is 8. The SMILES string of the molecule is Cc1c(Nc2ccc(S(C)(=O)=O)cc2F)ncnc1SC1CCN(C(=O)OC(C)C)CC1. The molecule has 11 heteroatoms. The molecule has 174 valence electrons. The van der Waals surface area contributed by atoms with Crippen molar-refractivity contribution in [2.75, 3.05) is 24.7 Å². The van der Waals surface area contributed by atoms with Crippen LogP contribution in [0.2, 0.25) is 0 Å². The Morgan fingerprint density at radius 3 is 2.56 bits per heavy atom. The molecule has 0 radical (unpaired) electrons. The van der Waals surface area contributed by atoms with Gasteiger partial charge in [0.05, 0.1) is 16.7 Å². The predicted molar refractivity (Wildman–Crippen MR) is 122 cm³/mol. The molecule has 1 aromatic carbocycles. The Kier molecular flexibility index (Phi) is 7.60. The number of piperidine rings is 1. The Hall–Kier alpha value is -2.40. The van der Waals surface area contributed by atoms with Crippen LogP contribution >= 0.6 is 11.8 Å². The maximum Gasteiger partial charge on any atom is 0.410 e. The topological polar surface area (TPSA) is 101 Å². The second-order valence-electron chi connectivity index (χ2n) is 7.93. The van der Waals surface area contributed by atoms with E-state index in [-0.39, 0.29) is 28.0 Å². The van der Waals surface area contributed by atoms with Crippen molar-refractivity contribution >= 4 is 39.2 Å². The van der Waals surface area contributed by atoms with Crippen LogP contribution in [0.3, 0.4) is 0 Å². The van der Waals surface area contributed by atoms with Crippen molar-refractivity contribution in [1.82, 2.24) is 14.9 Å². The number of nitrogens with zero attached hydrogens (tertiary/aromatic N) is 3. The number of hydrogen-bond donors (Lipinski definition) is 1. The number of carbonyl (C=O) groups excluding carboxylic acids is 1. The number of sulfone groups is 1. The van der Waals surface area contributed by atoms with Gasteiger partial charge in [-0.15, -0.1) is 11.8 Å². The minimum absolute atomic E-state index is 0.0835. The summed E-state index contributed by atoms with van der Waals surface area (Å²) in [6, 6.07) is 3.72. The number of halogens is 1. The number of nitrogens with one attached hydrogen (secondary N) is 1. The Balaban J connectivity index is 1.66. The molecule has 1 fully saturated rings. The highest BCUT2D eigenvalue weighted by molar-refractivity contribution is 7.99. The molecule has 0 saturated carbocycles. The summed E-state index contributed by atoms with van der Waals surface area (Å²) in [7, 11) is -3.49. The van der Waals surface area contributed by atoms with Gasteiger partial charge in [-0.3, -0.25) is 0 Å². The lowest BCUT2D eigenvalue weighted by molar-refractivity contribution is 0.0717. The van der Waals surface area contributed by atoms with E-state index in [0.29, 0.717) is 18.9 Å². The number of amides is 1. The second-order valence-corrected chi connectivity index (χ2v) is 11.2. The van der Waals surface area contributed by atoms with Gasteiger partial charge < -0.3 is 15.0 Å². The van der Waals surface area contributed by atoms with Crippen molar-refractivity contribution in [3.8, 4) is 0 Å². The van der Waals surface area contributed by atoms with Gasteiger partial charge in [0.1, 0.15) is 23.0 Å². The van der Waals surface area contributed by atoms with Gasteiger partial charge in [0.2, 0.25) is 0 Å². The van der Waals surface area contributed by atoms with E-state index in [9.17, 15) is 17.6 Å². The van der Waals surface area contributed by atoms with Crippen LogP contribution in [-0.2, 0) is 14.6 Å². The summed E-state index contributed by atoms with van der Waals surface area (Å²) in [6.45, 7) is 6.75. The molecule has 0 atom stereocenters. The van der Waals surface area contributed by atoms with Gasteiger partial charge in [-0.25, -0.2) is 27.6 Å². The van der Waals surface area contributed by atoms with Gasteiger partial charge in [-0.1, -0.05) is 0 Å². The van der Waals surface area contributed by atoms with E-state index < -0.39 is 15.7 Å². The number of thioether (sulfide) groups is 1. The standard InChI is InChI=1S/C21H27FN4O4S2/c1-13(2)30-21(27)26-9-7-15(8-10-26)31-20-14(3)19(23-12-24-20)25-18-6-5-16(11-17(18)22)32(4,28)29/h5-6,11-13,15H,7-10H2,1-4H3,(H,23,24,25). The Labute approximate surface area is 191 Å². The first-order valence-electron chi connectivity index (χ1n) is 10.2. The van der Waals surface area contributed by atoms with E-state index in [1.54, 1.807) is 16.7 Å². The minimum atomic E-state index is -3.49. The van der Waals surface area contributed by atoms with Gasteiger partial charge in [-0.05, 0) is 51.8 Å². The van der Waals surface area contributed by atoms with E-state index in [0.717, 1.165) is 35.8 Å². The van der Waals surface area contributed by atoms with Crippen LogP contribution in [0, 0.1) is 12.7 Å². The summed E-state index contributed by atoms with van der Waals surface area (Å²) < 4.78 is 42.9. The molecule has 1 aliphatic rings. The molecule has 2 aromatic rings. The number of ether oxygens (including phenoxy) is 1. The fraction of sp³-hybridized carbons (Fsp3) is 0.476. The zero-order valence-corrected chi connectivity index (χ0v) is 20.1. The van der Waals surface area contributed by atoms with Crippen LogP contribution in [0.15, 0.2) is 34.4 Å². The van der Waals surface area contributed by atoms with Gasteiger partial charge in [0.25, 0.3) is 0 Å². The number of anilines is 2. The first-order chi connectivity index (χ1) is 15.0. The maximum atomic E-state index is 14.4. The lowest BCUT2D eigenvalue weighted by Crippen LogP contribution is -2.40. The molecule has 1 saturated heterocycles. The average molecular weight is 483 g/mol. The average Bonchev–Trinajstić information content (AvgIpc) is 2.71. The van der Waals surface area contributed by atoms with Crippen LogP contribution < -0.4 is 5.32 Å². The maximum absolute atomic E-state index is 14.4. The molecular formula is C21H27FN4O4S2. The molecule has 2 heterocycles. The molecule has 8 nitrogen and oxygen atoms in total. The van der Waals surface area contributed by atoms with Gasteiger partial charge in [0, 0.05) is 30.2 Å². The Bertz CT molecular complexity index is 1090. The smallest absolute Gasteiger partial charge is 0.410 e. The van der Waals surface area contributed by atoms with Crippen molar-refractivity contribution in [1.29, 1.82) is 0 Å². The van der Waals surface area contributed by atoms with Crippen LogP contribution in [-0.4, -0.2) is 60.1 Å². The summed E-state index contributed by atoms with van der Waals surface area (Å²) in [5.74, 6) is -0.229. The van der Waals surface area contributed by atoms with Crippen molar-refractivity contribution in [3.63, 3.8) is 0 Å². The molecule has 0 unspecified atom stereocenters. The van der Waals surface area contributed by atoms with Crippen LogP contribution in [0.25, 0.3) is 0 Å². The van der Waals surface area contributed by atoms with E-state index in [4.69, 9.17) is 4.74 Å². The van der Waals surface area contributed by atoms with Gasteiger partial charge in [-0.2, -0.15) is 0 Å². The summed E-state index contributed by atoms with van der Waals surface area (Å²) in [6.07, 6.45) is 3.64. The molecule has 0 bridgehead atoms. The monoisotopic (exact) mass is 482 g/mol. The fourth-order valence-corrected chi connectivity index (χ4v) is 5.00. The second kappa shape index (κ2) is 10.0. The molecule has 3 rings (SSSR count). The highest BCUT2D eigenvalue weighted by Gasteiger charge is 2.26. The van der Waals surface area contributed by atoms with E-state index >= 15 is 0 Å². The Morgan fingerprint density at radius 1 is 1.28 bits per heavy atom. The van der Waals surface area contributed by atoms with Gasteiger partial charge >= 0.3 is 6.09 Å². The van der Waals surface area contributed by atoms with E-state index in [2.05, 4.69) is 15.3 Å². The molecule has 0 aliphatic carbocycles. The first kappa shape index (κ1) is 24.2. The summed E-state index contributed by atoms with van der Waals surface area (Å²) in [4.78, 5) is 22.3. The number of carbonyl (C=O) groups is 1. The number of aromatic nitrogens is 2. The van der Waals surface area contributed by atoms with Crippen LogP contribution in [0.4, 0.5) is 20.7 Å². The summed E-state index contributed by atoms with van der Waals surface area (Å²) >= 11 is 1.61. The van der Waals surface area contributed by atoms with Crippen molar-refractivity contribution < 1.29 is 22.3 Å². The molecule has 0 spiro atoms. The molecule has 1 aromatic heterocycles. The highest BCUT2D eigenvalue weighted by Crippen LogP contribution is 2.34. The summed E-state index contributed by atoms with van der Waals surface area (Å²) in [5.41, 5.74) is 0.901.